The van der Waals surface area contributed by atoms with Crippen LogP contribution in [0.5, 0.6) is 0 Å². The Morgan fingerprint density at radius 1 is 1.20 bits per heavy atom. The van der Waals surface area contributed by atoms with Crippen molar-refractivity contribution >= 4 is 16.7 Å². The molecule has 0 bridgehead atoms. The fraction of sp³-hybridized carbons (Fsp3) is 0.100. The third-order valence-electron chi connectivity index (χ3n) is 2.14. The van der Waals surface area contributed by atoms with Crippen molar-refractivity contribution in [1.29, 1.82) is 0 Å². The Kier molecular flexibility index (Phi) is 2.03. The topological polar surface area (TPSA) is 32.9 Å². The standard InChI is InChI=1S/C10H6F3NO/c1-4(15)8-2-5-6(11)3-7(12)9(13)10(5)14-8/h2-3,14H,1H3. The maximum Gasteiger partial charge on any atom is 0.183 e. The van der Waals surface area contributed by atoms with Crippen LogP contribution in [0.2, 0.25) is 0 Å². The molecule has 1 N–H and O–H groups in total. The number of carbonyl (C=O) groups is 1. The molecule has 0 atom stereocenters. The molecule has 0 fully saturated rings. The zero-order valence-corrected chi connectivity index (χ0v) is 7.70. The first kappa shape index (κ1) is 9.76. The van der Waals surface area contributed by atoms with Crippen molar-refractivity contribution in [3.05, 3.63) is 35.3 Å². The molecule has 0 unspecified atom stereocenters. The smallest absolute Gasteiger partial charge is 0.183 e. The number of halogens is 3. The summed E-state index contributed by atoms with van der Waals surface area (Å²) in [6, 6.07) is 1.62. The Morgan fingerprint density at radius 2 is 1.87 bits per heavy atom. The number of ketones is 1. The van der Waals surface area contributed by atoms with Crippen LogP contribution in [0.25, 0.3) is 10.9 Å². The Bertz CT molecular complexity index is 559. The zero-order valence-electron chi connectivity index (χ0n) is 7.70. The quantitative estimate of drug-likeness (QED) is 0.573. The summed E-state index contributed by atoms with van der Waals surface area (Å²) in [5.41, 5.74) is -0.272. The molecule has 1 aromatic heterocycles. The largest absolute Gasteiger partial charge is 0.350 e. The van der Waals surface area contributed by atoms with E-state index in [9.17, 15) is 18.0 Å². The number of hydrogen-bond donors (Lipinski definition) is 1. The highest BCUT2D eigenvalue weighted by Crippen LogP contribution is 2.24. The van der Waals surface area contributed by atoms with Crippen molar-refractivity contribution in [3.63, 3.8) is 0 Å². The molecule has 2 nitrogen and oxygen atoms in total. The highest BCUT2D eigenvalue weighted by Gasteiger charge is 2.16. The SMILES string of the molecule is CC(=O)c1cc2c(F)cc(F)c(F)c2[nH]1. The van der Waals surface area contributed by atoms with Crippen LogP contribution < -0.4 is 0 Å². The Balaban J connectivity index is 2.85. The highest BCUT2D eigenvalue weighted by molar-refractivity contribution is 5.98. The minimum Gasteiger partial charge on any atom is -0.350 e. The fourth-order valence-electron chi connectivity index (χ4n) is 1.38. The van der Waals surface area contributed by atoms with Gasteiger partial charge in [-0.3, -0.25) is 4.79 Å². The second-order valence-corrected chi connectivity index (χ2v) is 3.18. The molecule has 0 aliphatic heterocycles. The molecule has 2 rings (SSSR count). The lowest BCUT2D eigenvalue weighted by Crippen LogP contribution is -1.91. The van der Waals surface area contributed by atoms with Gasteiger partial charge in [0.1, 0.15) is 5.82 Å². The maximum absolute atomic E-state index is 13.2. The average Bonchev–Trinajstić information content (AvgIpc) is 2.59. The summed E-state index contributed by atoms with van der Waals surface area (Å²) in [4.78, 5) is 13.3. The third-order valence-corrected chi connectivity index (χ3v) is 2.14. The van der Waals surface area contributed by atoms with Gasteiger partial charge < -0.3 is 4.98 Å². The van der Waals surface area contributed by atoms with Crippen LogP contribution in [0, 0.1) is 17.5 Å². The molecule has 0 spiro atoms. The summed E-state index contributed by atoms with van der Waals surface area (Å²) in [5, 5.41) is -0.126. The van der Waals surface area contributed by atoms with Gasteiger partial charge in [-0.15, -0.1) is 0 Å². The van der Waals surface area contributed by atoms with Crippen LogP contribution in [0.15, 0.2) is 12.1 Å². The van der Waals surface area contributed by atoms with Gasteiger partial charge >= 0.3 is 0 Å². The predicted octanol–water partition coefficient (Wildman–Crippen LogP) is 2.79. The molecular weight excluding hydrogens is 207 g/mol. The Labute approximate surface area is 82.7 Å². The predicted molar refractivity (Wildman–Crippen MR) is 48.2 cm³/mol. The Morgan fingerprint density at radius 3 is 2.47 bits per heavy atom. The number of aromatic amines is 1. The number of aromatic nitrogens is 1. The number of nitrogens with one attached hydrogen (secondary N) is 1. The van der Waals surface area contributed by atoms with E-state index in [2.05, 4.69) is 4.98 Å². The van der Waals surface area contributed by atoms with E-state index in [1.165, 1.54) is 6.92 Å². The van der Waals surface area contributed by atoms with Crippen molar-refractivity contribution < 1.29 is 18.0 Å². The van der Waals surface area contributed by atoms with Gasteiger partial charge in [-0.1, -0.05) is 0 Å². The van der Waals surface area contributed by atoms with Crippen LogP contribution in [-0.4, -0.2) is 10.8 Å². The van der Waals surface area contributed by atoms with Gasteiger partial charge in [-0.2, -0.15) is 0 Å². The van der Waals surface area contributed by atoms with E-state index < -0.39 is 17.5 Å². The van der Waals surface area contributed by atoms with Crippen molar-refractivity contribution in [1.82, 2.24) is 4.98 Å². The van der Waals surface area contributed by atoms with E-state index >= 15 is 0 Å². The first-order chi connectivity index (χ1) is 7.00. The molecule has 0 amide bonds. The number of rotatable bonds is 1. The first-order valence-corrected chi connectivity index (χ1v) is 4.18. The molecule has 2 aromatic rings. The van der Waals surface area contributed by atoms with Crippen LogP contribution >= 0.6 is 0 Å². The summed E-state index contributed by atoms with van der Waals surface area (Å²) >= 11 is 0. The second-order valence-electron chi connectivity index (χ2n) is 3.18. The summed E-state index contributed by atoms with van der Waals surface area (Å²) < 4.78 is 39.1. The van der Waals surface area contributed by atoms with Gasteiger partial charge in [0.2, 0.25) is 0 Å². The fourth-order valence-corrected chi connectivity index (χ4v) is 1.38. The third kappa shape index (κ3) is 1.40. The molecule has 0 aliphatic rings. The lowest BCUT2D eigenvalue weighted by molar-refractivity contribution is 0.101. The van der Waals surface area contributed by atoms with E-state index in [1.807, 2.05) is 0 Å². The van der Waals surface area contributed by atoms with Gasteiger partial charge in [0.15, 0.2) is 17.4 Å². The van der Waals surface area contributed by atoms with Crippen LogP contribution in [0.1, 0.15) is 17.4 Å². The lowest BCUT2D eigenvalue weighted by atomic mass is 10.2. The maximum atomic E-state index is 13.2. The van der Waals surface area contributed by atoms with Crippen molar-refractivity contribution in [3.8, 4) is 0 Å². The van der Waals surface area contributed by atoms with E-state index in [-0.39, 0.29) is 22.4 Å². The summed E-state index contributed by atoms with van der Waals surface area (Å²) in [7, 11) is 0. The number of fused-ring (bicyclic) bond motifs is 1. The summed E-state index contributed by atoms with van der Waals surface area (Å²) in [6.07, 6.45) is 0. The summed E-state index contributed by atoms with van der Waals surface area (Å²) in [5.74, 6) is -3.73. The highest BCUT2D eigenvalue weighted by atomic mass is 19.2. The number of Topliss-reactive ketones (excluding diaryl/α,β-unsaturated/α-hetero) is 1. The number of H-pyrrole nitrogens is 1. The molecule has 78 valence electrons. The van der Waals surface area contributed by atoms with E-state index in [4.69, 9.17) is 0 Å². The molecule has 1 heterocycles. The molecule has 0 saturated carbocycles. The van der Waals surface area contributed by atoms with E-state index in [0.29, 0.717) is 6.07 Å². The summed E-state index contributed by atoms with van der Waals surface area (Å²) in [6.45, 7) is 1.25. The van der Waals surface area contributed by atoms with Crippen molar-refractivity contribution in [2.75, 3.05) is 0 Å². The van der Waals surface area contributed by atoms with Gasteiger partial charge in [-0.25, -0.2) is 13.2 Å². The number of hydrogen-bond acceptors (Lipinski definition) is 1. The van der Waals surface area contributed by atoms with Gasteiger partial charge in [0.05, 0.1) is 11.2 Å². The number of carbonyl (C=O) groups excluding carboxylic acids is 1. The van der Waals surface area contributed by atoms with Gasteiger partial charge in [-0.05, 0) is 6.07 Å². The van der Waals surface area contributed by atoms with E-state index in [1.54, 1.807) is 0 Å². The number of benzene rings is 1. The molecule has 0 aliphatic carbocycles. The molecule has 5 heteroatoms. The van der Waals surface area contributed by atoms with Crippen molar-refractivity contribution in [2.45, 2.75) is 6.92 Å². The Hall–Kier alpha value is -1.78. The minimum atomic E-state index is -1.28. The minimum absolute atomic E-state index is 0.0494. The van der Waals surface area contributed by atoms with Crippen LogP contribution in [0.4, 0.5) is 13.2 Å². The average molecular weight is 213 g/mol. The van der Waals surface area contributed by atoms with E-state index in [0.717, 1.165) is 6.07 Å². The van der Waals surface area contributed by atoms with Crippen molar-refractivity contribution in [2.24, 2.45) is 0 Å². The zero-order chi connectivity index (χ0) is 11.2. The first-order valence-electron chi connectivity index (χ1n) is 4.18. The van der Waals surface area contributed by atoms with Crippen LogP contribution in [-0.2, 0) is 0 Å². The normalized spacial score (nSPS) is 10.9. The molecule has 0 radical (unpaired) electrons. The lowest BCUT2D eigenvalue weighted by Gasteiger charge is -1.95. The van der Waals surface area contributed by atoms with Crippen LogP contribution in [0.3, 0.4) is 0 Å². The van der Waals surface area contributed by atoms with Gasteiger partial charge in [0, 0.05) is 18.4 Å². The molecule has 1 aromatic carbocycles. The second kappa shape index (κ2) is 3.12. The van der Waals surface area contributed by atoms with Gasteiger partial charge in [0.25, 0.3) is 0 Å². The molecule has 15 heavy (non-hydrogen) atoms. The monoisotopic (exact) mass is 213 g/mol. The molecule has 0 saturated heterocycles. The molecular formula is C10H6F3NO.